The van der Waals surface area contributed by atoms with Gasteiger partial charge in [0, 0.05) is 24.7 Å². The van der Waals surface area contributed by atoms with E-state index in [9.17, 15) is 14.4 Å². The number of nitrogens with one attached hydrogen (secondary N) is 1. The Morgan fingerprint density at radius 3 is 2.35 bits per heavy atom. The fourth-order valence-electron chi connectivity index (χ4n) is 3.04. The molecule has 1 aromatic carbocycles. The van der Waals surface area contributed by atoms with E-state index in [-0.39, 0.29) is 29.4 Å². The van der Waals surface area contributed by atoms with E-state index in [2.05, 4.69) is 5.32 Å². The second-order valence-electron chi connectivity index (χ2n) is 6.32. The lowest BCUT2D eigenvalue weighted by Crippen LogP contribution is -2.46. The number of benzene rings is 1. The number of carboxylic acids is 1. The summed E-state index contributed by atoms with van der Waals surface area (Å²) in [6.45, 7) is 2.84. The lowest BCUT2D eigenvalue weighted by molar-refractivity contribution is 0.0636. The van der Waals surface area contributed by atoms with E-state index in [0.717, 1.165) is 5.56 Å². The van der Waals surface area contributed by atoms with E-state index in [1.807, 2.05) is 25.1 Å². The second-order valence-corrected chi connectivity index (χ2v) is 6.32. The number of carbonyl (C=O) groups excluding carboxylic acids is 2. The molecule has 1 saturated heterocycles. The summed E-state index contributed by atoms with van der Waals surface area (Å²) in [5, 5.41) is 11.9. The standard InChI is InChI=1S/C19H20N2O5/c1-12-4-2-3-5-14(12)17(22)20-13-8-10-21(11-9-13)18(23)15-6-7-16(26-15)19(24)25/h2-7,13H,8-11H2,1H3,(H,20,22)(H,24,25). The van der Waals surface area contributed by atoms with Crippen LogP contribution >= 0.6 is 0 Å². The van der Waals surface area contributed by atoms with Crippen molar-refractivity contribution in [3.8, 4) is 0 Å². The van der Waals surface area contributed by atoms with Crippen LogP contribution in [0.2, 0.25) is 0 Å². The van der Waals surface area contributed by atoms with Gasteiger partial charge < -0.3 is 19.7 Å². The van der Waals surface area contributed by atoms with Crippen molar-refractivity contribution >= 4 is 17.8 Å². The predicted molar refractivity (Wildman–Crippen MR) is 93.2 cm³/mol. The molecule has 136 valence electrons. The smallest absolute Gasteiger partial charge is 0.371 e. The number of amides is 2. The molecule has 0 bridgehead atoms. The van der Waals surface area contributed by atoms with Crippen LogP contribution in [-0.4, -0.2) is 46.9 Å². The van der Waals surface area contributed by atoms with Gasteiger partial charge in [-0.3, -0.25) is 9.59 Å². The number of likely N-dealkylation sites (tertiary alicyclic amines) is 1. The predicted octanol–water partition coefficient (Wildman–Crippen LogP) is 2.32. The summed E-state index contributed by atoms with van der Waals surface area (Å²) in [5.74, 6) is -1.88. The van der Waals surface area contributed by atoms with Crippen molar-refractivity contribution in [2.45, 2.75) is 25.8 Å². The zero-order valence-corrected chi connectivity index (χ0v) is 14.4. The van der Waals surface area contributed by atoms with Gasteiger partial charge in [-0.25, -0.2) is 4.79 Å². The highest BCUT2D eigenvalue weighted by atomic mass is 16.4. The molecule has 0 saturated carbocycles. The van der Waals surface area contributed by atoms with E-state index < -0.39 is 5.97 Å². The van der Waals surface area contributed by atoms with E-state index in [4.69, 9.17) is 9.52 Å². The third-order valence-electron chi connectivity index (χ3n) is 4.53. The summed E-state index contributed by atoms with van der Waals surface area (Å²) >= 11 is 0. The first-order chi connectivity index (χ1) is 12.5. The summed E-state index contributed by atoms with van der Waals surface area (Å²) in [6, 6.07) is 10.0. The van der Waals surface area contributed by atoms with Crippen molar-refractivity contribution < 1.29 is 23.9 Å². The van der Waals surface area contributed by atoms with Gasteiger partial charge >= 0.3 is 5.97 Å². The lowest BCUT2D eigenvalue weighted by atomic mass is 10.0. The molecule has 7 nitrogen and oxygen atoms in total. The Bertz CT molecular complexity index is 834. The number of piperidine rings is 1. The molecule has 1 fully saturated rings. The number of hydrogen-bond donors (Lipinski definition) is 2. The van der Waals surface area contributed by atoms with Crippen molar-refractivity contribution in [3.05, 3.63) is 59.0 Å². The highest BCUT2D eigenvalue weighted by molar-refractivity contribution is 5.96. The van der Waals surface area contributed by atoms with Crippen LogP contribution in [0.4, 0.5) is 0 Å². The average molecular weight is 356 g/mol. The zero-order chi connectivity index (χ0) is 18.7. The van der Waals surface area contributed by atoms with Gasteiger partial charge in [0.2, 0.25) is 5.76 Å². The van der Waals surface area contributed by atoms with E-state index in [0.29, 0.717) is 31.5 Å². The van der Waals surface area contributed by atoms with E-state index in [1.54, 1.807) is 11.0 Å². The molecule has 7 heteroatoms. The molecule has 1 aliphatic rings. The van der Waals surface area contributed by atoms with Crippen molar-refractivity contribution in [2.24, 2.45) is 0 Å². The first-order valence-corrected chi connectivity index (χ1v) is 8.44. The number of aromatic carboxylic acids is 1. The molecule has 0 aliphatic carbocycles. The molecule has 0 unspecified atom stereocenters. The minimum Gasteiger partial charge on any atom is -0.475 e. The van der Waals surface area contributed by atoms with Crippen LogP contribution in [0.25, 0.3) is 0 Å². The molecule has 26 heavy (non-hydrogen) atoms. The minimum absolute atomic E-state index is 0.00247. The lowest BCUT2D eigenvalue weighted by Gasteiger charge is -2.32. The highest BCUT2D eigenvalue weighted by Gasteiger charge is 2.27. The van der Waals surface area contributed by atoms with Crippen molar-refractivity contribution in [2.75, 3.05) is 13.1 Å². The molecular formula is C19H20N2O5. The summed E-state index contributed by atoms with van der Waals surface area (Å²) in [7, 11) is 0. The molecule has 3 rings (SSSR count). The van der Waals surface area contributed by atoms with Crippen molar-refractivity contribution in [1.82, 2.24) is 10.2 Å². The van der Waals surface area contributed by atoms with Crippen LogP contribution in [0.15, 0.2) is 40.8 Å². The maximum absolute atomic E-state index is 12.4. The molecule has 1 aromatic heterocycles. The van der Waals surface area contributed by atoms with E-state index in [1.165, 1.54) is 12.1 Å². The van der Waals surface area contributed by atoms with Gasteiger partial charge in [-0.2, -0.15) is 0 Å². The van der Waals surface area contributed by atoms with Gasteiger partial charge in [0.1, 0.15) is 0 Å². The highest BCUT2D eigenvalue weighted by Crippen LogP contribution is 2.17. The molecule has 0 atom stereocenters. The van der Waals surface area contributed by atoms with Gasteiger partial charge in [-0.15, -0.1) is 0 Å². The van der Waals surface area contributed by atoms with Gasteiger partial charge in [0.15, 0.2) is 5.76 Å². The van der Waals surface area contributed by atoms with Crippen molar-refractivity contribution in [1.29, 1.82) is 0 Å². The first kappa shape index (κ1) is 17.7. The number of aryl methyl sites for hydroxylation is 1. The number of hydrogen-bond acceptors (Lipinski definition) is 4. The van der Waals surface area contributed by atoms with Crippen LogP contribution in [0.5, 0.6) is 0 Å². The fraction of sp³-hybridized carbons (Fsp3) is 0.316. The first-order valence-electron chi connectivity index (χ1n) is 8.44. The third-order valence-corrected chi connectivity index (χ3v) is 4.53. The number of rotatable bonds is 4. The fourth-order valence-corrected chi connectivity index (χ4v) is 3.04. The van der Waals surface area contributed by atoms with Crippen molar-refractivity contribution in [3.63, 3.8) is 0 Å². The van der Waals surface area contributed by atoms with Crippen LogP contribution in [0.3, 0.4) is 0 Å². The Morgan fingerprint density at radius 2 is 1.73 bits per heavy atom. The maximum Gasteiger partial charge on any atom is 0.371 e. The SMILES string of the molecule is Cc1ccccc1C(=O)NC1CCN(C(=O)c2ccc(C(=O)O)o2)CC1. The third kappa shape index (κ3) is 3.77. The summed E-state index contributed by atoms with van der Waals surface area (Å²) in [4.78, 5) is 37.2. The van der Waals surface area contributed by atoms with Gasteiger partial charge in [-0.1, -0.05) is 18.2 Å². The molecule has 2 N–H and O–H groups in total. The normalized spacial score (nSPS) is 14.9. The Hall–Kier alpha value is -3.09. The Labute approximate surface area is 150 Å². The Balaban J connectivity index is 1.55. The van der Waals surface area contributed by atoms with Gasteiger partial charge in [0.25, 0.3) is 11.8 Å². The average Bonchev–Trinajstić information content (AvgIpc) is 3.12. The molecule has 1 aliphatic heterocycles. The molecule has 2 heterocycles. The number of furan rings is 1. The number of carboxylic acid groups (broad SMARTS) is 1. The van der Waals surface area contributed by atoms with Crippen LogP contribution < -0.4 is 5.32 Å². The molecule has 0 spiro atoms. The van der Waals surface area contributed by atoms with Crippen LogP contribution in [0, 0.1) is 6.92 Å². The quantitative estimate of drug-likeness (QED) is 0.876. The summed E-state index contributed by atoms with van der Waals surface area (Å²) in [6.07, 6.45) is 1.27. The van der Waals surface area contributed by atoms with Gasteiger partial charge in [-0.05, 0) is 43.5 Å². The Kier molecular flexibility index (Phi) is 5.06. The number of carbonyl (C=O) groups is 3. The summed E-state index contributed by atoms with van der Waals surface area (Å²) < 4.78 is 5.06. The largest absolute Gasteiger partial charge is 0.475 e. The van der Waals surface area contributed by atoms with Crippen LogP contribution in [-0.2, 0) is 0 Å². The molecule has 2 amide bonds. The van der Waals surface area contributed by atoms with E-state index >= 15 is 0 Å². The molecule has 2 aromatic rings. The molecular weight excluding hydrogens is 336 g/mol. The zero-order valence-electron chi connectivity index (χ0n) is 14.4. The number of nitrogens with zero attached hydrogens (tertiary/aromatic N) is 1. The summed E-state index contributed by atoms with van der Waals surface area (Å²) in [5.41, 5.74) is 1.58. The maximum atomic E-state index is 12.4. The Morgan fingerprint density at radius 1 is 1.08 bits per heavy atom. The van der Waals surface area contributed by atoms with Gasteiger partial charge in [0.05, 0.1) is 0 Å². The minimum atomic E-state index is -1.21. The second kappa shape index (κ2) is 7.43. The monoisotopic (exact) mass is 356 g/mol. The molecule has 0 radical (unpaired) electrons. The topological polar surface area (TPSA) is 99.9 Å². The van der Waals surface area contributed by atoms with Crippen LogP contribution in [0.1, 0.15) is 49.9 Å².